The van der Waals surface area contributed by atoms with Gasteiger partial charge in [-0.05, 0) is 53.3 Å². The molecule has 1 unspecified atom stereocenters. The summed E-state index contributed by atoms with van der Waals surface area (Å²) in [6.07, 6.45) is 0.603. The van der Waals surface area contributed by atoms with Crippen LogP contribution in [0.15, 0.2) is 48.5 Å². The van der Waals surface area contributed by atoms with Crippen LogP contribution >= 0.6 is 22.6 Å². The Hall–Kier alpha value is -1.47. The maximum absolute atomic E-state index is 11.1. The van der Waals surface area contributed by atoms with Crippen molar-refractivity contribution in [2.24, 2.45) is 0 Å². The van der Waals surface area contributed by atoms with E-state index in [2.05, 4.69) is 52.2 Å². The molecular weight excluding hydrogens is 379 g/mol. The lowest BCUT2D eigenvalue weighted by molar-refractivity contribution is -0.385. The largest absolute Gasteiger partial charge is 0.310 e. The second-order valence-corrected chi connectivity index (χ2v) is 6.00. The van der Waals surface area contributed by atoms with Crippen molar-refractivity contribution in [3.63, 3.8) is 0 Å². The predicted molar refractivity (Wildman–Crippen MR) is 92.4 cm³/mol. The minimum Gasteiger partial charge on any atom is -0.310 e. The summed E-state index contributed by atoms with van der Waals surface area (Å²) in [5.41, 5.74) is 2.09. The number of hydrogen-bond donors (Lipinski definition) is 1. The summed E-state index contributed by atoms with van der Waals surface area (Å²) >= 11 is 2.27. The van der Waals surface area contributed by atoms with Crippen LogP contribution < -0.4 is 5.32 Å². The molecule has 0 aromatic heterocycles. The van der Waals surface area contributed by atoms with E-state index in [1.807, 2.05) is 19.1 Å². The van der Waals surface area contributed by atoms with E-state index in [9.17, 15) is 10.1 Å². The molecule has 21 heavy (non-hydrogen) atoms. The summed E-state index contributed by atoms with van der Waals surface area (Å²) in [5, 5.41) is 14.5. The second-order valence-electron chi connectivity index (χ2n) is 4.75. The molecule has 2 aromatic rings. The van der Waals surface area contributed by atoms with Crippen molar-refractivity contribution in [3.05, 3.63) is 73.3 Å². The summed E-state index contributed by atoms with van der Waals surface area (Å²) in [6.45, 7) is 2.86. The first-order chi connectivity index (χ1) is 10.1. The molecule has 0 amide bonds. The number of para-hydroxylation sites is 1. The Morgan fingerprint density at radius 2 is 1.86 bits per heavy atom. The van der Waals surface area contributed by atoms with Gasteiger partial charge in [0.25, 0.3) is 5.69 Å². The van der Waals surface area contributed by atoms with Crippen LogP contribution in [0.4, 0.5) is 5.69 Å². The minimum atomic E-state index is -0.313. The third kappa shape index (κ3) is 4.25. The van der Waals surface area contributed by atoms with Crippen molar-refractivity contribution in [2.45, 2.75) is 19.4 Å². The Kier molecular flexibility index (Phi) is 5.69. The van der Waals surface area contributed by atoms with Gasteiger partial charge in [-0.2, -0.15) is 0 Å². The zero-order chi connectivity index (χ0) is 15.2. The first kappa shape index (κ1) is 15.9. The zero-order valence-electron chi connectivity index (χ0n) is 11.8. The summed E-state index contributed by atoms with van der Waals surface area (Å²) in [4.78, 5) is 10.8. The zero-order valence-corrected chi connectivity index (χ0v) is 13.9. The lowest BCUT2D eigenvalue weighted by Crippen LogP contribution is -2.23. The van der Waals surface area contributed by atoms with E-state index >= 15 is 0 Å². The Labute approximate surface area is 137 Å². The molecule has 0 saturated carbocycles. The van der Waals surface area contributed by atoms with Gasteiger partial charge in [0, 0.05) is 21.2 Å². The number of halogens is 1. The molecule has 4 nitrogen and oxygen atoms in total. The molecule has 0 spiro atoms. The normalized spacial score (nSPS) is 12.1. The van der Waals surface area contributed by atoms with E-state index < -0.39 is 0 Å². The van der Waals surface area contributed by atoms with Gasteiger partial charge >= 0.3 is 0 Å². The third-order valence-corrected chi connectivity index (χ3v) is 4.05. The molecule has 0 heterocycles. The molecule has 0 fully saturated rings. The van der Waals surface area contributed by atoms with Gasteiger partial charge in [0.15, 0.2) is 0 Å². The maximum Gasteiger partial charge on any atom is 0.272 e. The molecule has 2 rings (SSSR count). The lowest BCUT2D eigenvalue weighted by Gasteiger charge is -2.18. The number of rotatable bonds is 6. The van der Waals surface area contributed by atoms with Crippen LogP contribution in [0.3, 0.4) is 0 Å². The second kappa shape index (κ2) is 7.51. The number of benzene rings is 2. The van der Waals surface area contributed by atoms with Gasteiger partial charge in [-0.3, -0.25) is 10.1 Å². The summed E-state index contributed by atoms with van der Waals surface area (Å²) in [5.74, 6) is 0. The molecule has 5 heteroatoms. The van der Waals surface area contributed by atoms with Gasteiger partial charge in [0.2, 0.25) is 0 Å². The van der Waals surface area contributed by atoms with Crippen molar-refractivity contribution in [2.75, 3.05) is 6.54 Å². The number of nitro groups is 1. The number of hydrogen-bond acceptors (Lipinski definition) is 3. The van der Waals surface area contributed by atoms with Crippen molar-refractivity contribution >= 4 is 28.3 Å². The first-order valence-electron chi connectivity index (χ1n) is 6.83. The topological polar surface area (TPSA) is 55.2 Å². The van der Waals surface area contributed by atoms with Crippen molar-refractivity contribution in [3.8, 4) is 0 Å². The molecule has 2 aromatic carbocycles. The first-order valence-corrected chi connectivity index (χ1v) is 7.91. The van der Waals surface area contributed by atoms with Gasteiger partial charge in [0.1, 0.15) is 0 Å². The van der Waals surface area contributed by atoms with Crippen LogP contribution in [-0.4, -0.2) is 11.5 Å². The van der Waals surface area contributed by atoms with Gasteiger partial charge in [-0.25, -0.2) is 0 Å². The van der Waals surface area contributed by atoms with E-state index in [0.29, 0.717) is 6.42 Å². The molecule has 1 N–H and O–H groups in total. The van der Waals surface area contributed by atoms with Crippen LogP contribution in [0.5, 0.6) is 0 Å². The average Bonchev–Trinajstić information content (AvgIpc) is 2.48. The van der Waals surface area contributed by atoms with E-state index in [1.54, 1.807) is 12.1 Å². The van der Waals surface area contributed by atoms with E-state index in [-0.39, 0.29) is 16.7 Å². The van der Waals surface area contributed by atoms with Gasteiger partial charge in [-0.1, -0.05) is 37.3 Å². The highest BCUT2D eigenvalue weighted by Gasteiger charge is 2.18. The number of likely N-dealkylation sites (N-methyl/N-ethyl adjacent to an activating group) is 1. The quantitative estimate of drug-likeness (QED) is 0.455. The van der Waals surface area contributed by atoms with Crippen LogP contribution in [-0.2, 0) is 6.42 Å². The highest BCUT2D eigenvalue weighted by atomic mass is 127. The number of nitrogens with zero attached hydrogens (tertiary/aromatic N) is 1. The van der Waals surface area contributed by atoms with E-state index in [4.69, 9.17) is 0 Å². The third-order valence-electron chi connectivity index (χ3n) is 3.34. The standard InChI is InChI=1S/C16H17IN2O2/c1-2-18-15(12-7-9-14(17)10-8-12)11-13-5-3-4-6-16(13)19(20)21/h3-10,15,18H,2,11H2,1H3. The smallest absolute Gasteiger partial charge is 0.272 e. The predicted octanol–water partition coefficient (Wildman–Crippen LogP) is 4.09. The fraction of sp³-hybridized carbons (Fsp3) is 0.250. The molecule has 0 radical (unpaired) electrons. The Balaban J connectivity index is 2.28. The number of nitro benzene ring substituents is 1. The highest BCUT2D eigenvalue weighted by molar-refractivity contribution is 14.1. The Morgan fingerprint density at radius 3 is 2.48 bits per heavy atom. The lowest BCUT2D eigenvalue weighted by atomic mass is 9.98. The van der Waals surface area contributed by atoms with Crippen molar-refractivity contribution in [1.29, 1.82) is 0 Å². The molecule has 1 atom stereocenters. The number of nitrogens with one attached hydrogen (secondary N) is 1. The highest BCUT2D eigenvalue weighted by Crippen LogP contribution is 2.25. The monoisotopic (exact) mass is 396 g/mol. The van der Waals surface area contributed by atoms with Crippen LogP contribution in [0.1, 0.15) is 24.1 Å². The summed E-state index contributed by atoms with van der Waals surface area (Å²) < 4.78 is 1.18. The Bertz CT molecular complexity index is 614. The summed E-state index contributed by atoms with van der Waals surface area (Å²) in [7, 11) is 0. The van der Waals surface area contributed by atoms with Crippen LogP contribution in [0.2, 0.25) is 0 Å². The summed E-state index contributed by atoms with van der Waals surface area (Å²) in [6, 6.07) is 15.3. The fourth-order valence-corrected chi connectivity index (χ4v) is 2.69. The van der Waals surface area contributed by atoms with Gasteiger partial charge in [0.05, 0.1) is 4.92 Å². The van der Waals surface area contributed by atoms with Crippen molar-refractivity contribution in [1.82, 2.24) is 5.32 Å². The van der Waals surface area contributed by atoms with Crippen LogP contribution in [0.25, 0.3) is 0 Å². The van der Waals surface area contributed by atoms with Gasteiger partial charge < -0.3 is 5.32 Å². The fourth-order valence-electron chi connectivity index (χ4n) is 2.33. The minimum absolute atomic E-state index is 0.0769. The maximum atomic E-state index is 11.1. The molecule has 110 valence electrons. The SMILES string of the molecule is CCNC(Cc1ccccc1[N+](=O)[O-])c1ccc(I)cc1. The van der Waals surface area contributed by atoms with E-state index in [0.717, 1.165) is 17.7 Å². The van der Waals surface area contributed by atoms with Gasteiger partial charge in [-0.15, -0.1) is 0 Å². The molecule has 0 aliphatic carbocycles. The van der Waals surface area contributed by atoms with E-state index in [1.165, 1.54) is 3.57 Å². The average molecular weight is 396 g/mol. The molecule has 0 aliphatic heterocycles. The molecule has 0 bridgehead atoms. The molecular formula is C16H17IN2O2. The Morgan fingerprint density at radius 1 is 1.19 bits per heavy atom. The molecule has 0 saturated heterocycles. The van der Waals surface area contributed by atoms with Crippen LogP contribution in [0, 0.1) is 13.7 Å². The van der Waals surface area contributed by atoms with Crippen molar-refractivity contribution < 1.29 is 4.92 Å². The molecule has 0 aliphatic rings.